The summed E-state index contributed by atoms with van der Waals surface area (Å²) in [4.78, 5) is 0.129. The van der Waals surface area contributed by atoms with Gasteiger partial charge in [0.05, 0.1) is 23.3 Å². The van der Waals surface area contributed by atoms with Crippen LogP contribution in [0.1, 0.15) is 55.5 Å². The van der Waals surface area contributed by atoms with Crippen molar-refractivity contribution in [1.82, 2.24) is 23.9 Å². The maximum atomic E-state index is 13.9. The zero-order valence-electron chi connectivity index (χ0n) is 21.3. The summed E-state index contributed by atoms with van der Waals surface area (Å²) in [6.07, 6.45) is 6.70. The van der Waals surface area contributed by atoms with Crippen molar-refractivity contribution in [3.05, 3.63) is 69.5 Å². The Hall–Kier alpha value is -2.49. The monoisotopic (exact) mass is 543 g/mol. The molecule has 0 aliphatic heterocycles. The van der Waals surface area contributed by atoms with Gasteiger partial charge in [0, 0.05) is 38.0 Å². The first-order chi connectivity index (χ1) is 17.6. The number of benzene rings is 1. The molecule has 6 rings (SSSR count). The lowest BCUT2D eigenvalue weighted by Crippen LogP contribution is -2.38. The number of hydrogen-bond acceptors (Lipinski definition) is 4. The number of nitrogens with zero attached hydrogens (tertiary/aromatic N) is 5. The number of halogens is 2. The van der Waals surface area contributed by atoms with E-state index >= 15 is 0 Å². The fourth-order valence-electron chi connectivity index (χ4n) is 6.21. The molecule has 0 amide bonds. The molecule has 10 heteroatoms. The van der Waals surface area contributed by atoms with Crippen molar-refractivity contribution in [1.29, 1.82) is 0 Å². The summed E-state index contributed by atoms with van der Waals surface area (Å²) in [5.74, 6) is 0.436. The zero-order chi connectivity index (χ0) is 26.1. The van der Waals surface area contributed by atoms with Gasteiger partial charge in [0.15, 0.2) is 0 Å². The Balaban J connectivity index is 1.30. The molecule has 3 aliphatic rings. The lowest BCUT2D eigenvalue weighted by Gasteiger charge is -2.30. The van der Waals surface area contributed by atoms with Crippen LogP contribution in [0.25, 0.3) is 5.69 Å². The van der Waals surface area contributed by atoms with Gasteiger partial charge in [-0.1, -0.05) is 29.7 Å². The number of aromatic nitrogens is 4. The average molecular weight is 544 g/mol. The minimum Gasteiger partial charge on any atom is -0.255 e. The Morgan fingerprint density at radius 2 is 1.89 bits per heavy atom. The Morgan fingerprint density at radius 1 is 1.16 bits per heavy atom. The van der Waals surface area contributed by atoms with Crippen LogP contribution in [-0.2, 0) is 23.5 Å². The van der Waals surface area contributed by atoms with Crippen molar-refractivity contribution in [3.8, 4) is 5.69 Å². The normalized spacial score (nSPS) is 21.6. The molecule has 37 heavy (non-hydrogen) atoms. The first kappa shape index (κ1) is 24.8. The molecule has 0 spiro atoms. The summed E-state index contributed by atoms with van der Waals surface area (Å²) in [6, 6.07) is 6.41. The molecule has 3 aromatic rings. The van der Waals surface area contributed by atoms with Crippen molar-refractivity contribution in [3.63, 3.8) is 0 Å². The number of rotatable bonds is 7. The lowest BCUT2D eigenvalue weighted by molar-refractivity contribution is 0.346. The van der Waals surface area contributed by atoms with Crippen LogP contribution in [0.15, 0.2) is 46.5 Å². The minimum absolute atomic E-state index is 0.129. The fourth-order valence-corrected chi connectivity index (χ4v) is 8.48. The smallest absolute Gasteiger partial charge is 0.248 e. The van der Waals surface area contributed by atoms with Crippen LogP contribution >= 0.6 is 11.6 Å². The number of fused-ring (bicyclic) bond motifs is 1. The minimum atomic E-state index is -3.79. The van der Waals surface area contributed by atoms with Gasteiger partial charge < -0.3 is 0 Å². The molecule has 2 aromatic heterocycles. The largest absolute Gasteiger partial charge is 0.255 e. The highest BCUT2D eigenvalue weighted by atomic mass is 35.5. The number of allylic oxidation sites excluding steroid dienone is 1. The highest BCUT2D eigenvalue weighted by molar-refractivity contribution is 7.89. The van der Waals surface area contributed by atoms with Gasteiger partial charge in [0.2, 0.25) is 10.0 Å². The zero-order valence-corrected chi connectivity index (χ0v) is 22.9. The van der Waals surface area contributed by atoms with Gasteiger partial charge in [-0.25, -0.2) is 17.5 Å². The van der Waals surface area contributed by atoms with E-state index in [1.54, 1.807) is 30.4 Å². The van der Waals surface area contributed by atoms with Gasteiger partial charge in [0.1, 0.15) is 15.9 Å². The molecule has 1 aromatic carbocycles. The van der Waals surface area contributed by atoms with Crippen LogP contribution in [0.4, 0.5) is 4.39 Å². The first-order valence-electron chi connectivity index (χ1n) is 12.9. The molecule has 3 aliphatic carbocycles. The Bertz CT molecular complexity index is 1500. The summed E-state index contributed by atoms with van der Waals surface area (Å²) >= 11 is 6.42. The van der Waals surface area contributed by atoms with Crippen LogP contribution in [0.3, 0.4) is 0 Å². The molecular formula is C27H31ClFN5O2S. The van der Waals surface area contributed by atoms with E-state index in [1.165, 1.54) is 28.0 Å². The summed E-state index contributed by atoms with van der Waals surface area (Å²) in [5.41, 5.74) is 6.32. The third-order valence-electron chi connectivity index (χ3n) is 8.21. The van der Waals surface area contributed by atoms with E-state index in [0.717, 1.165) is 49.0 Å². The topological polar surface area (TPSA) is 73.0 Å². The second kappa shape index (κ2) is 9.06. The van der Waals surface area contributed by atoms with E-state index < -0.39 is 10.0 Å². The molecule has 196 valence electrons. The predicted octanol–water partition coefficient (Wildman–Crippen LogP) is 5.17. The number of hydrogen-bond donors (Lipinski definition) is 0. The summed E-state index contributed by atoms with van der Waals surface area (Å²) in [5, 5.41) is 9.07. The SMILES string of the molecule is Cc1nn(C)c(Cl)c1S(=O)(=O)N(CC1CC1)C[C@H]1CCC2=C1[C@@H](C)c1cnn(-c3ccc(F)cc3)c1C2. The molecule has 0 bridgehead atoms. The maximum Gasteiger partial charge on any atom is 0.248 e. The lowest BCUT2D eigenvalue weighted by atomic mass is 9.80. The molecule has 0 N–H and O–H groups in total. The second-order valence-electron chi connectivity index (χ2n) is 10.7. The molecular weight excluding hydrogens is 513 g/mol. The number of aryl methyl sites for hydroxylation is 2. The van der Waals surface area contributed by atoms with E-state index in [9.17, 15) is 12.8 Å². The van der Waals surface area contributed by atoms with Crippen molar-refractivity contribution in [2.75, 3.05) is 13.1 Å². The van der Waals surface area contributed by atoms with Crippen molar-refractivity contribution in [2.45, 2.75) is 56.8 Å². The average Bonchev–Trinajstić information content (AvgIpc) is 3.31. The van der Waals surface area contributed by atoms with Crippen molar-refractivity contribution in [2.24, 2.45) is 18.9 Å². The van der Waals surface area contributed by atoms with Crippen LogP contribution in [0.2, 0.25) is 5.15 Å². The van der Waals surface area contributed by atoms with E-state index in [0.29, 0.717) is 24.7 Å². The quantitative estimate of drug-likeness (QED) is 0.385. The Labute approximate surface area is 222 Å². The standard InChI is InChI=1S/C27H31ClFN5O2S/c1-16-23-13-30-34(22-10-8-21(29)9-11-22)24(23)12-19-6-7-20(25(16)19)15-33(14-18-4-5-18)37(35,36)26-17(2)31-32(3)27(26)28/h8-11,13,16,18,20H,4-7,12,14-15H2,1-3H3/t16-,20+/m0/s1. The Morgan fingerprint density at radius 3 is 2.54 bits per heavy atom. The van der Waals surface area contributed by atoms with Crippen LogP contribution < -0.4 is 0 Å². The summed E-state index contributed by atoms with van der Waals surface area (Å²) < 4.78 is 46.3. The van der Waals surface area contributed by atoms with Gasteiger partial charge in [-0.2, -0.15) is 14.5 Å². The molecule has 0 unspecified atom stereocenters. The van der Waals surface area contributed by atoms with Crippen LogP contribution in [0, 0.1) is 24.6 Å². The maximum absolute atomic E-state index is 13.9. The Kier molecular flexibility index (Phi) is 6.08. The third kappa shape index (κ3) is 4.25. The van der Waals surface area contributed by atoms with Gasteiger partial charge in [0.25, 0.3) is 0 Å². The van der Waals surface area contributed by atoms with Crippen LogP contribution in [-0.4, -0.2) is 45.4 Å². The third-order valence-corrected chi connectivity index (χ3v) is 10.7. The van der Waals surface area contributed by atoms with Gasteiger partial charge in [-0.05, 0) is 68.7 Å². The van der Waals surface area contributed by atoms with Gasteiger partial charge in [-0.3, -0.25) is 4.68 Å². The molecule has 2 atom stereocenters. The van der Waals surface area contributed by atoms with E-state index in [2.05, 4.69) is 17.1 Å². The highest BCUT2D eigenvalue weighted by Gasteiger charge is 2.41. The molecule has 1 fully saturated rings. The fraction of sp³-hybridized carbons (Fsp3) is 0.481. The summed E-state index contributed by atoms with van der Waals surface area (Å²) in [6.45, 7) is 4.88. The van der Waals surface area contributed by atoms with Gasteiger partial charge in [-0.15, -0.1) is 0 Å². The van der Waals surface area contributed by atoms with Crippen molar-refractivity contribution < 1.29 is 12.8 Å². The molecule has 1 saturated carbocycles. The highest BCUT2D eigenvalue weighted by Crippen LogP contribution is 2.48. The second-order valence-corrected chi connectivity index (χ2v) is 13.0. The predicted molar refractivity (Wildman–Crippen MR) is 140 cm³/mol. The van der Waals surface area contributed by atoms with E-state index in [-0.39, 0.29) is 27.7 Å². The molecule has 2 heterocycles. The van der Waals surface area contributed by atoms with E-state index in [4.69, 9.17) is 11.6 Å². The van der Waals surface area contributed by atoms with E-state index in [1.807, 2.05) is 10.9 Å². The molecule has 7 nitrogen and oxygen atoms in total. The summed E-state index contributed by atoms with van der Waals surface area (Å²) in [7, 11) is -2.12. The molecule has 0 saturated heterocycles. The molecule has 0 radical (unpaired) electrons. The first-order valence-corrected chi connectivity index (χ1v) is 14.7. The number of sulfonamides is 1. The van der Waals surface area contributed by atoms with Gasteiger partial charge >= 0.3 is 0 Å². The van der Waals surface area contributed by atoms with Crippen LogP contribution in [0.5, 0.6) is 0 Å². The van der Waals surface area contributed by atoms with Crippen molar-refractivity contribution >= 4 is 21.6 Å².